The molecule has 2 aliphatic heterocycles. The first-order valence-corrected chi connectivity index (χ1v) is 11.1. The highest BCUT2D eigenvalue weighted by atomic mass is 16.5. The van der Waals surface area contributed by atoms with Crippen LogP contribution in [0.3, 0.4) is 0 Å². The van der Waals surface area contributed by atoms with E-state index in [1.54, 1.807) is 7.11 Å². The lowest BCUT2D eigenvalue weighted by Gasteiger charge is -2.31. The molecule has 0 saturated carbocycles. The summed E-state index contributed by atoms with van der Waals surface area (Å²) < 4.78 is 5.27. The summed E-state index contributed by atoms with van der Waals surface area (Å²) in [5.74, 6) is 3.19. The lowest BCUT2D eigenvalue weighted by Crippen LogP contribution is -2.41. The zero-order valence-electron chi connectivity index (χ0n) is 18.2. The maximum atomic E-state index is 12.5. The van der Waals surface area contributed by atoms with Crippen LogP contribution in [0.4, 0.5) is 0 Å². The quantitative estimate of drug-likeness (QED) is 0.589. The van der Waals surface area contributed by atoms with Crippen molar-refractivity contribution in [1.82, 2.24) is 15.1 Å². The second kappa shape index (κ2) is 10.5. The van der Waals surface area contributed by atoms with Crippen molar-refractivity contribution in [3.63, 3.8) is 0 Å². The number of nitrogens with one attached hydrogen (secondary N) is 1. The molecule has 0 spiro atoms. The Balaban J connectivity index is 1.54. The van der Waals surface area contributed by atoms with E-state index in [1.165, 1.54) is 12.0 Å². The van der Waals surface area contributed by atoms with Gasteiger partial charge < -0.3 is 19.9 Å². The predicted molar refractivity (Wildman–Crippen MR) is 117 cm³/mol. The molecule has 3 rings (SSSR count). The number of hydrogen-bond donors (Lipinski definition) is 1. The number of carbonyl (C=O) groups excluding carboxylic acids is 1. The number of hydrogen-bond acceptors (Lipinski definition) is 3. The first-order valence-electron chi connectivity index (χ1n) is 11.1. The molecule has 1 aromatic rings. The van der Waals surface area contributed by atoms with Gasteiger partial charge in [-0.1, -0.05) is 19.1 Å². The van der Waals surface area contributed by atoms with Gasteiger partial charge in [-0.2, -0.15) is 0 Å². The summed E-state index contributed by atoms with van der Waals surface area (Å²) >= 11 is 0. The molecule has 1 amide bonds. The van der Waals surface area contributed by atoms with Crippen LogP contribution >= 0.6 is 0 Å². The van der Waals surface area contributed by atoms with Gasteiger partial charge in [0.15, 0.2) is 5.96 Å². The van der Waals surface area contributed by atoms with Crippen molar-refractivity contribution in [2.45, 2.75) is 45.4 Å². The molecule has 29 heavy (non-hydrogen) atoms. The Kier molecular flexibility index (Phi) is 7.78. The Morgan fingerprint density at radius 1 is 1.17 bits per heavy atom. The molecule has 2 aliphatic rings. The maximum Gasteiger partial charge on any atom is 0.224 e. The van der Waals surface area contributed by atoms with E-state index in [9.17, 15) is 4.79 Å². The van der Waals surface area contributed by atoms with Crippen molar-refractivity contribution in [1.29, 1.82) is 0 Å². The van der Waals surface area contributed by atoms with Gasteiger partial charge in [0.1, 0.15) is 5.75 Å². The van der Waals surface area contributed by atoms with Gasteiger partial charge in [0, 0.05) is 45.1 Å². The summed E-state index contributed by atoms with van der Waals surface area (Å²) in [6, 6.07) is 8.39. The summed E-state index contributed by atoms with van der Waals surface area (Å²) in [5.41, 5.74) is 1.35. The van der Waals surface area contributed by atoms with E-state index in [1.807, 2.05) is 17.0 Å². The predicted octanol–water partition coefficient (Wildman–Crippen LogP) is 3.10. The van der Waals surface area contributed by atoms with Gasteiger partial charge in [-0.15, -0.1) is 0 Å². The minimum Gasteiger partial charge on any atom is -0.497 e. The molecule has 1 N–H and O–H groups in total. The summed E-state index contributed by atoms with van der Waals surface area (Å²) in [7, 11) is 1.70. The van der Waals surface area contributed by atoms with E-state index in [0.717, 1.165) is 57.3 Å². The number of methoxy groups -OCH3 is 1. The van der Waals surface area contributed by atoms with Crippen molar-refractivity contribution in [2.24, 2.45) is 10.9 Å². The molecule has 6 heteroatoms. The van der Waals surface area contributed by atoms with Crippen LogP contribution in [-0.2, 0) is 4.79 Å². The molecule has 2 saturated heterocycles. The van der Waals surface area contributed by atoms with Gasteiger partial charge in [-0.05, 0) is 49.8 Å². The van der Waals surface area contributed by atoms with E-state index in [2.05, 4.69) is 36.2 Å². The smallest absolute Gasteiger partial charge is 0.224 e. The fraction of sp³-hybridized carbons (Fsp3) is 0.652. The van der Waals surface area contributed by atoms with Crippen LogP contribution in [-0.4, -0.2) is 68.0 Å². The highest BCUT2D eigenvalue weighted by Gasteiger charge is 2.26. The van der Waals surface area contributed by atoms with Crippen molar-refractivity contribution < 1.29 is 9.53 Å². The molecule has 6 nitrogen and oxygen atoms in total. The number of amides is 1. The van der Waals surface area contributed by atoms with Crippen molar-refractivity contribution in [2.75, 3.05) is 46.4 Å². The van der Waals surface area contributed by atoms with E-state index < -0.39 is 0 Å². The highest BCUT2D eigenvalue weighted by Crippen LogP contribution is 2.28. The lowest BCUT2D eigenvalue weighted by atomic mass is 9.98. The van der Waals surface area contributed by atoms with Gasteiger partial charge in [-0.3, -0.25) is 9.79 Å². The second-order valence-corrected chi connectivity index (χ2v) is 8.28. The summed E-state index contributed by atoms with van der Waals surface area (Å²) in [5, 5.41) is 3.41. The number of guanidine groups is 1. The van der Waals surface area contributed by atoms with Gasteiger partial charge in [0.25, 0.3) is 0 Å². The molecule has 0 aliphatic carbocycles. The largest absolute Gasteiger partial charge is 0.497 e. The highest BCUT2D eigenvalue weighted by molar-refractivity contribution is 5.81. The zero-order valence-corrected chi connectivity index (χ0v) is 18.2. The molecular formula is C23H36N4O2. The molecule has 0 radical (unpaired) electrons. The maximum absolute atomic E-state index is 12.5. The third kappa shape index (κ3) is 5.87. The SMILES string of the molecule is CCNC(=NCCC(=O)N1CCCC(C)C1)N1CCC(c2ccc(OC)cc2)C1. The third-order valence-electron chi connectivity index (χ3n) is 6.01. The van der Waals surface area contributed by atoms with Gasteiger partial charge >= 0.3 is 0 Å². The van der Waals surface area contributed by atoms with Crippen LogP contribution in [0.2, 0.25) is 0 Å². The minimum absolute atomic E-state index is 0.244. The Labute approximate surface area is 175 Å². The summed E-state index contributed by atoms with van der Waals surface area (Å²) in [6.45, 7) is 9.45. The topological polar surface area (TPSA) is 57.2 Å². The molecule has 2 unspecified atom stereocenters. The molecule has 0 aromatic heterocycles. The molecule has 160 valence electrons. The fourth-order valence-electron chi connectivity index (χ4n) is 4.36. The zero-order chi connectivity index (χ0) is 20.6. The van der Waals surface area contributed by atoms with E-state index >= 15 is 0 Å². The molecule has 2 atom stereocenters. The average Bonchev–Trinajstić information content (AvgIpc) is 3.23. The van der Waals surface area contributed by atoms with Gasteiger partial charge in [0.05, 0.1) is 13.7 Å². The van der Waals surface area contributed by atoms with Crippen LogP contribution < -0.4 is 10.1 Å². The average molecular weight is 401 g/mol. The molecule has 2 fully saturated rings. The summed E-state index contributed by atoms with van der Waals surface area (Å²) in [6.07, 6.45) is 3.97. The third-order valence-corrected chi connectivity index (χ3v) is 6.01. The number of rotatable bonds is 6. The van der Waals surface area contributed by atoms with Crippen LogP contribution in [0.25, 0.3) is 0 Å². The van der Waals surface area contributed by atoms with Gasteiger partial charge in [-0.25, -0.2) is 0 Å². The van der Waals surface area contributed by atoms with Crippen LogP contribution in [0.5, 0.6) is 5.75 Å². The Morgan fingerprint density at radius 2 is 1.97 bits per heavy atom. The molecular weight excluding hydrogens is 364 g/mol. The summed E-state index contributed by atoms with van der Waals surface area (Å²) in [4.78, 5) is 21.6. The standard InChI is InChI=1S/C23H36N4O2/c1-4-24-23(25-13-11-22(28)26-14-5-6-18(2)16-26)27-15-12-20(17-27)19-7-9-21(29-3)10-8-19/h7-10,18,20H,4-6,11-17H2,1-3H3,(H,24,25). The first kappa shape index (κ1) is 21.5. The molecule has 0 bridgehead atoms. The van der Waals surface area contributed by atoms with Gasteiger partial charge in [0.2, 0.25) is 5.91 Å². The number of likely N-dealkylation sites (tertiary alicyclic amines) is 2. The Hall–Kier alpha value is -2.24. The second-order valence-electron chi connectivity index (χ2n) is 8.28. The van der Waals surface area contributed by atoms with E-state index in [4.69, 9.17) is 9.73 Å². The monoisotopic (exact) mass is 400 g/mol. The van der Waals surface area contributed by atoms with E-state index in [-0.39, 0.29) is 5.91 Å². The first-order chi connectivity index (χ1) is 14.1. The normalized spacial score (nSPS) is 22.7. The number of ether oxygens (including phenoxy) is 1. The van der Waals surface area contributed by atoms with Crippen molar-refractivity contribution in [3.8, 4) is 5.75 Å². The van der Waals surface area contributed by atoms with E-state index in [0.29, 0.717) is 24.8 Å². The number of aliphatic imine (C=N–C) groups is 1. The lowest BCUT2D eigenvalue weighted by molar-refractivity contribution is -0.132. The fourth-order valence-corrected chi connectivity index (χ4v) is 4.36. The van der Waals surface area contributed by atoms with Crippen molar-refractivity contribution in [3.05, 3.63) is 29.8 Å². The molecule has 1 aromatic carbocycles. The van der Waals surface area contributed by atoms with Crippen molar-refractivity contribution >= 4 is 11.9 Å². The Bertz CT molecular complexity index is 689. The van der Waals surface area contributed by atoms with Crippen LogP contribution in [0.1, 0.15) is 51.0 Å². The number of benzene rings is 1. The van der Waals surface area contributed by atoms with Crippen LogP contribution in [0, 0.1) is 5.92 Å². The minimum atomic E-state index is 0.244. The number of carbonyl (C=O) groups is 1. The number of piperidine rings is 1. The Morgan fingerprint density at radius 3 is 2.66 bits per heavy atom. The number of nitrogens with zero attached hydrogens (tertiary/aromatic N) is 3. The molecule has 2 heterocycles. The van der Waals surface area contributed by atoms with Crippen LogP contribution in [0.15, 0.2) is 29.3 Å².